The van der Waals surface area contributed by atoms with Crippen molar-refractivity contribution in [2.45, 2.75) is 284 Å². The first-order chi connectivity index (χ1) is 24.3. The van der Waals surface area contributed by atoms with Gasteiger partial charge >= 0.3 is 0 Å². The maximum atomic E-state index is 2.64. The number of imidazole rings is 1. The van der Waals surface area contributed by atoms with Gasteiger partial charge in [-0.1, -0.05) is 233 Å². The summed E-state index contributed by atoms with van der Waals surface area (Å²) < 4.78 is 5.28. The van der Waals surface area contributed by atoms with E-state index in [1.165, 1.54) is 264 Å². The van der Waals surface area contributed by atoms with Crippen LogP contribution in [0.5, 0.6) is 0 Å². The average molecular weight is 686 g/mol. The fourth-order valence-electron chi connectivity index (χ4n) is 7.92. The summed E-state index contributed by atoms with van der Waals surface area (Å²) in [6.45, 7) is 9.42. The van der Waals surface area contributed by atoms with Gasteiger partial charge in [0, 0.05) is 6.42 Å². The van der Waals surface area contributed by atoms with E-state index in [4.69, 9.17) is 0 Å². The molecule has 0 aliphatic rings. The molecule has 1 aromatic heterocycles. The Labute approximate surface area is 310 Å². The zero-order valence-electron chi connectivity index (χ0n) is 34.5. The summed E-state index contributed by atoms with van der Waals surface area (Å²) in [7, 11) is 0. The molecular weight excluding hydrogens is 593 g/mol. The van der Waals surface area contributed by atoms with E-state index in [2.05, 4.69) is 42.3 Å². The Balaban J connectivity index is 2.15. The lowest BCUT2D eigenvalue weighted by molar-refractivity contribution is -0.704. The van der Waals surface area contributed by atoms with E-state index in [0.29, 0.717) is 0 Å². The van der Waals surface area contributed by atoms with Gasteiger partial charge in [0.25, 0.3) is 5.82 Å². The molecule has 1 heterocycles. The molecule has 0 bridgehead atoms. The van der Waals surface area contributed by atoms with Crippen molar-refractivity contribution in [1.82, 2.24) is 4.57 Å². The topological polar surface area (TPSA) is 8.81 Å². The summed E-state index contributed by atoms with van der Waals surface area (Å²) in [6.07, 6.45) is 60.8. The van der Waals surface area contributed by atoms with Crippen molar-refractivity contribution in [1.29, 1.82) is 0 Å². The Morgan fingerprint density at radius 2 is 0.633 bits per heavy atom. The van der Waals surface area contributed by atoms with Crippen LogP contribution in [-0.4, -0.2) is 4.57 Å². The second kappa shape index (κ2) is 38.4. The number of rotatable bonds is 41. The van der Waals surface area contributed by atoms with E-state index < -0.39 is 0 Å². The summed E-state index contributed by atoms with van der Waals surface area (Å²) in [5.41, 5.74) is 0. The van der Waals surface area contributed by atoms with Crippen molar-refractivity contribution in [3.05, 3.63) is 18.2 Å². The van der Waals surface area contributed by atoms with E-state index >= 15 is 0 Å². The Kier molecular flexibility index (Phi) is 36.3. The number of unbranched alkanes of at least 4 members (excludes halogenated alkanes) is 35. The van der Waals surface area contributed by atoms with Gasteiger partial charge in [0.05, 0.1) is 13.1 Å². The van der Waals surface area contributed by atoms with Crippen molar-refractivity contribution < 1.29 is 4.57 Å². The van der Waals surface area contributed by atoms with Crippen molar-refractivity contribution in [3.8, 4) is 0 Å². The van der Waals surface area contributed by atoms with Crippen LogP contribution in [-0.2, 0) is 19.5 Å². The number of aryl methyl sites for hydroxylation is 2. The summed E-state index contributed by atoms with van der Waals surface area (Å²) in [4.78, 5) is 0. The van der Waals surface area contributed by atoms with Gasteiger partial charge in [-0.2, -0.15) is 0 Å². The summed E-state index contributed by atoms with van der Waals surface area (Å²) in [5, 5.41) is 0. The molecule has 0 amide bonds. The Morgan fingerprint density at radius 1 is 0.347 bits per heavy atom. The molecule has 0 saturated carbocycles. The van der Waals surface area contributed by atoms with Crippen LogP contribution >= 0.6 is 0 Å². The highest BCUT2D eigenvalue weighted by Gasteiger charge is 2.16. The van der Waals surface area contributed by atoms with E-state index in [0.717, 1.165) is 0 Å². The molecule has 0 aromatic carbocycles. The summed E-state index contributed by atoms with van der Waals surface area (Å²) in [6, 6.07) is 0. The molecule has 0 aliphatic carbocycles. The lowest BCUT2D eigenvalue weighted by Crippen LogP contribution is -2.37. The van der Waals surface area contributed by atoms with Crippen LogP contribution in [0.3, 0.4) is 0 Å². The normalized spacial score (nSPS) is 11.7. The first-order valence-corrected chi connectivity index (χ1v) is 23.4. The molecule has 0 aliphatic heterocycles. The van der Waals surface area contributed by atoms with Gasteiger partial charge in [-0.15, -0.1) is 0 Å². The minimum Gasteiger partial charge on any atom is -0.234 e. The number of nitrogens with zero attached hydrogens (tertiary/aromatic N) is 2. The van der Waals surface area contributed by atoms with Crippen LogP contribution in [0.25, 0.3) is 0 Å². The maximum Gasteiger partial charge on any atom is 0.256 e. The zero-order chi connectivity index (χ0) is 35.1. The van der Waals surface area contributed by atoms with Gasteiger partial charge in [-0.25, -0.2) is 9.13 Å². The van der Waals surface area contributed by atoms with Gasteiger partial charge in [-0.3, -0.25) is 0 Å². The molecule has 1 aromatic rings. The lowest BCUT2D eigenvalue weighted by Gasteiger charge is -2.07. The molecular formula is C47H93N2+. The third-order valence-corrected chi connectivity index (χ3v) is 11.3. The standard InChI is InChI=1S/C47H93N2/c1-4-7-10-13-16-18-20-22-24-26-28-30-32-34-37-40-43-48-45-46-49(47(48)42-39-36-15-12-9-6-3)44-41-38-35-33-31-29-27-25-23-21-19-17-14-11-8-5-2/h45-46H,4-44H2,1-3H3/q+1. The quantitative estimate of drug-likeness (QED) is 0.0479. The zero-order valence-corrected chi connectivity index (χ0v) is 34.5. The highest BCUT2D eigenvalue weighted by atomic mass is 15.1. The first kappa shape index (κ1) is 46.2. The predicted molar refractivity (Wildman–Crippen MR) is 221 cm³/mol. The van der Waals surface area contributed by atoms with E-state index in [-0.39, 0.29) is 0 Å². The molecule has 0 fully saturated rings. The molecule has 0 atom stereocenters. The lowest BCUT2D eigenvalue weighted by atomic mass is 10.0. The fraction of sp³-hybridized carbons (Fsp3) is 0.936. The van der Waals surface area contributed by atoms with Gasteiger partial charge in [0.15, 0.2) is 0 Å². The van der Waals surface area contributed by atoms with Crippen LogP contribution in [0.1, 0.15) is 271 Å². The largest absolute Gasteiger partial charge is 0.256 e. The monoisotopic (exact) mass is 686 g/mol. The van der Waals surface area contributed by atoms with Crippen LogP contribution in [0.4, 0.5) is 0 Å². The third-order valence-electron chi connectivity index (χ3n) is 11.3. The molecule has 0 radical (unpaired) electrons. The van der Waals surface area contributed by atoms with Gasteiger partial charge in [0.1, 0.15) is 12.4 Å². The molecule has 0 unspecified atom stereocenters. The second-order valence-electron chi connectivity index (χ2n) is 16.2. The van der Waals surface area contributed by atoms with Crippen LogP contribution in [0.15, 0.2) is 12.4 Å². The maximum absolute atomic E-state index is 2.64. The van der Waals surface area contributed by atoms with Crippen LogP contribution < -0.4 is 4.57 Å². The van der Waals surface area contributed by atoms with Crippen molar-refractivity contribution >= 4 is 0 Å². The Bertz CT molecular complexity index is 698. The van der Waals surface area contributed by atoms with Crippen LogP contribution in [0, 0.1) is 0 Å². The second-order valence-corrected chi connectivity index (χ2v) is 16.2. The predicted octanol–water partition coefficient (Wildman–Crippen LogP) is 16.2. The van der Waals surface area contributed by atoms with E-state index in [1.807, 2.05) is 0 Å². The molecule has 2 nitrogen and oxygen atoms in total. The molecule has 0 saturated heterocycles. The molecule has 1 rings (SSSR count). The molecule has 0 N–H and O–H groups in total. The number of hydrogen-bond donors (Lipinski definition) is 0. The van der Waals surface area contributed by atoms with Crippen molar-refractivity contribution in [2.24, 2.45) is 0 Å². The first-order valence-electron chi connectivity index (χ1n) is 23.4. The number of hydrogen-bond acceptors (Lipinski definition) is 0. The van der Waals surface area contributed by atoms with Crippen molar-refractivity contribution in [3.63, 3.8) is 0 Å². The van der Waals surface area contributed by atoms with Crippen LogP contribution in [0.2, 0.25) is 0 Å². The highest BCUT2D eigenvalue weighted by molar-refractivity contribution is 4.84. The minimum atomic E-state index is 1.23. The Hall–Kier alpha value is -0.790. The molecule has 0 spiro atoms. The van der Waals surface area contributed by atoms with Crippen molar-refractivity contribution in [2.75, 3.05) is 0 Å². The Morgan fingerprint density at radius 3 is 0.980 bits per heavy atom. The smallest absolute Gasteiger partial charge is 0.234 e. The summed E-state index contributed by atoms with van der Waals surface area (Å²) in [5.74, 6) is 1.62. The molecule has 49 heavy (non-hydrogen) atoms. The number of aromatic nitrogens is 2. The SMILES string of the molecule is CCCCCCCCCCCCCCCCCCn1cc[n+](CCCCCCCCCCCCCCCCCC)c1CCCCCCCC. The minimum absolute atomic E-state index is 1.23. The van der Waals surface area contributed by atoms with E-state index in [9.17, 15) is 0 Å². The fourth-order valence-corrected chi connectivity index (χ4v) is 7.92. The van der Waals surface area contributed by atoms with E-state index in [1.54, 1.807) is 5.82 Å². The summed E-state index contributed by atoms with van der Waals surface area (Å²) >= 11 is 0. The van der Waals surface area contributed by atoms with Gasteiger partial charge < -0.3 is 0 Å². The highest BCUT2D eigenvalue weighted by Crippen LogP contribution is 2.16. The third kappa shape index (κ3) is 30.5. The van der Waals surface area contributed by atoms with Gasteiger partial charge in [-0.05, 0) is 32.1 Å². The molecule has 290 valence electrons. The average Bonchev–Trinajstić information content (AvgIpc) is 3.50. The van der Waals surface area contributed by atoms with Gasteiger partial charge in [0.2, 0.25) is 0 Å². The molecule has 2 heteroatoms.